The highest BCUT2D eigenvalue weighted by Crippen LogP contribution is 2.30. The molecule has 7 heteroatoms. The first kappa shape index (κ1) is 20.6. The Morgan fingerprint density at radius 3 is 2.39 bits per heavy atom. The van der Waals surface area contributed by atoms with E-state index in [1.807, 2.05) is 66.7 Å². The maximum Gasteiger partial charge on any atom is 0.228 e. The highest BCUT2D eigenvalue weighted by molar-refractivity contribution is 5.93. The number of nitrogen functional groups attached to an aromatic ring is 2. The first-order valence-corrected chi connectivity index (χ1v) is 10.2. The largest absolute Gasteiger partial charge is 0.383 e. The number of nitrogens with one attached hydrogen (secondary N) is 1. The summed E-state index contributed by atoms with van der Waals surface area (Å²) in [6.45, 7) is 0.694. The number of amides is 1. The van der Waals surface area contributed by atoms with Gasteiger partial charge in [-0.2, -0.15) is 4.98 Å². The van der Waals surface area contributed by atoms with Crippen LogP contribution in [0.25, 0.3) is 11.1 Å². The second-order valence-corrected chi connectivity index (χ2v) is 7.47. The minimum Gasteiger partial charge on any atom is -0.383 e. The third kappa shape index (κ3) is 5.07. The molecule has 0 bridgehead atoms. The zero-order valence-corrected chi connectivity index (χ0v) is 17.1. The molecule has 0 unspecified atom stereocenters. The summed E-state index contributed by atoms with van der Waals surface area (Å²) >= 11 is 0. The van der Waals surface area contributed by atoms with Crippen molar-refractivity contribution in [3.8, 4) is 11.1 Å². The van der Waals surface area contributed by atoms with Crippen LogP contribution >= 0.6 is 0 Å². The molecular formula is C24H25N5O2. The maximum absolute atomic E-state index is 12.3. The van der Waals surface area contributed by atoms with Crippen molar-refractivity contribution in [2.24, 2.45) is 5.92 Å². The Morgan fingerprint density at radius 1 is 0.968 bits per heavy atom. The third-order valence-electron chi connectivity index (χ3n) is 5.20. The molecule has 5 N–H and O–H groups in total. The van der Waals surface area contributed by atoms with Crippen molar-refractivity contribution < 1.29 is 9.53 Å². The van der Waals surface area contributed by atoms with E-state index < -0.39 is 0 Å². The van der Waals surface area contributed by atoms with Gasteiger partial charge in [0.2, 0.25) is 11.9 Å². The number of nitrogens with zero attached hydrogens (tertiary/aromatic N) is 2. The molecule has 0 saturated heterocycles. The average Bonchev–Trinajstić information content (AvgIpc) is 3.30. The Bertz CT molecular complexity index is 1070. The van der Waals surface area contributed by atoms with Crippen LogP contribution in [-0.4, -0.2) is 15.9 Å². The molecule has 1 heterocycles. The number of nitrogens with two attached hydrogens (primary N) is 2. The lowest BCUT2D eigenvalue weighted by molar-refractivity contribution is -0.119. The standard InChI is InChI=1S/C24H25N5O2/c25-22-21(17-10-12-19(13-11-17)27-23(30)18-8-4-5-9-18)20(28-24(26)29-22)15-31-14-16-6-2-1-3-7-16/h1-7,10-13,18H,8-9,14-15H2,(H,27,30)(H4,25,26,28,29). The summed E-state index contributed by atoms with van der Waals surface area (Å²) < 4.78 is 5.85. The van der Waals surface area contributed by atoms with Gasteiger partial charge in [0.15, 0.2) is 0 Å². The highest BCUT2D eigenvalue weighted by atomic mass is 16.5. The van der Waals surface area contributed by atoms with Gasteiger partial charge in [0.25, 0.3) is 0 Å². The molecule has 7 nitrogen and oxygen atoms in total. The van der Waals surface area contributed by atoms with Gasteiger partial charge >= 0.3 is 0 Å². The molecule has 0 radical (unpaired) electrons. The van der Waals surface area contributed by atoms with Gasteiger partial charge in [-0.05, 0) is 36.1 Å². The fraction of sp³-hybridized carbons (Fsp3) is 0.208. The number of allylic oxidation sites excluding steroid dienone is 2. The first-order chi connectivity index (χ1) is 15.1. The zero-order chi connectivity index (χ0) is 21.6. The molecule has 1 aromatic heterocycles. The summed E-state index contributed by atoms with van der Waals surface area (Å²) in [7, 11) is 0. The molecule has 1 amide bonds. The Labute approximate surface area is 181 Å². The molecular weight excluding hydrogens is 390 g/mol. The molecule has 0 aliphatic heterocycles. The normalized spacial score (nSPS) is 13.4. The molecule has 0 saturated carbocycles. The van der Waals surface area contributed by atoms with E-state index in [0.717, 1.165) is 29.7 Å². The average molecular weight is 415 g/mol. The van der Waals surface area contributed by atoms with E-state index in [4.69, 9.17) is 16.2 Å². The van der Waals surface area contributed by atoms with Gasteiger partial charge in [-0.25, -0.2) is 4.98 Å². The van der Waals surface area contributed by atoms with Crippen LogP contribution in [0.2, 0.25) is 0 Å². The number of rotatable bonds is 7. The smallest absolute Gasteiger partial charge is 0.228 e. The van der Waals surface area contributed by atoms with Crippen molar-refractivity contribution in [2.45, 2.75) is 26.1 Å². The number of carbonyl (C=O) groups excluding carboxylic acids is 1. The molecule has 2 aromatic carbocycles. The van der Waals surface area contributed by atoms with Crippen molar-refractivity contribution in [1.82, 2.24) is 9.97 Å². The Morgan fingerprint density at radius 2 is 1.68 bits per heavy atom. The zero-order valence-electron chi connectivity index (χ0n) is 17.1. The van der Waals surface area contributed by atoms with Crippen LogP contribution < -0.4 is 16.8 Å². The predicted molar refractivity (Wildman–Crippen MR) is 122 cm³/mol. The molecule has 0 spiro atoms. The molecule has 4 rings (SSSR count). The lowest BCUT2D eigenvalue weighted by atomic mass is 10.0. The quantitative estimate of drug-likeness (QED) is 0.504. The second kappa shape index (κ2) is 9.40. The van der Waals surface area contributed by atoms with Crippen LogP contribution in [0.15, 0.2) is 66.7 Å². The summed E-state index contributed by atoms with van der Waals surface area (Å²) in [6, 6.07) is 17.4. The summed E-state index contributed by atoms with van der Waals surface area (Å²) in [5, 5.41) is 2.97. The number of carbonyl (C=O) groups is 1. The number of anilines is 3. The number of benzene rings is 2. The van der Waals surface area contributed by atoms with Crippen molar-refractivity contribution in [3.05, 3.63) is 78.0 Å². The third-order valence-corrected chi connectivity index (χ3v) is 5.20. The minimum absolute atomic E-state index is 0.00851. The summed E-state index contributed by atoms with van der Waals surface area (Å²) in [5.74, 6) is 0.436. The Hall–Kier alpha value is -3.71. The van der Waals surface area contributed by atoms with E-state index in [2.05, 4.69) is 15.3 Å². The SMILES string of the molecule is Nc1nc(N)c(-c2ccc(NC(=O)C3CC=CC3)cc2)c(COCc2ccccc2)n1. The van der Waals surface area contributed by atoms with E-state index in [1.165, 1.54) is 0 Å². The molecule has 0 atom stereocenters. The van der Waals surface area contributed by atoms with Gasteiger partial charge in [-0.1, -0.05) is 54.6 Å². The molecule has 1 aliphatic rings. The minimum atomic E-state index is 0.00851. The van der Waals surface area contributed by atoms with Gasteiger partial charge in [0.1, 0.15) is 5.82 Å². The van der Waals surface area contributed by atoms with E-state index in [-0.39, 0.29) is 24.4 Å². The molecule has 31 heavy (non-hydrogen) atoms. The Balaban J connectivity index is 1.49. The second-order valence-electron chi connectivity index (χ2n) is 7.47. The fourth-order valence-corrected chi connectivity index (χ4v) is 3.60. The molecule has 0 fully saturated rings. The molecule has 1 aliphatic carbocycles. The van der Waals surface area contributed by atoms with Crippen molar-refractivity contribution in [1.29, 1.82) is 0 Å². The van der Waals surface area contributed by atoms with Gasteiger partial charge in [-0.3, -0.25) is 4.79 Å². The highest BCUT2D eigenvalue weighted by Gasteiger charge is 2.19. The van der Waals surface area contributed by atoms with E-state index in [9.17, 15) is 4.79 Å². The monoisotopic (exact) mass is 415 g/mol. The summed E-state index contributed by atoms with van der Waals surface area (Å²) in [4.78, 5) is 20.8. The van der Waals surface area contributed by atoms with E-state index >= 15 is 0 Å². The topological polar surface area (TPSA) is 116 Å². The van der Waals surface area contributed by atoms with Gasteiger partial charge in [-0.15, -0.1) is 0 Å². The number of hydrogen-bond donors (Lipinski definition) is 3. The lowest BCUT2D eigenvalue weighted by Crippen LogP contribution is -2.20. The van der Waals surface area contributed by atoms with Gasteiger partial charge in [0, 0.05) is 17.2 Å². The molecule has 3 aromatic rings. The van der Waals surface area contributed by atoms with Crippen LogP contribution in [0.1, 0.15) is 24.1 Å². The first-order valence-electron chi connectivity index (χ1n) is 10.2. The number of ether oxygens (including phenoxy) is 1. The van der Waals surface area contributed by atoms with Crippen LogP contribution in [0.5, 0.6) is 0 Å². The van der Waals surface area contributed by atoms with Crippen molar-refractivity contribution in [3.63, 3.8) is 0 Å². The van der Waals surface area contributed by atoms with Gasteiger partial charge < -0.3 is 21.5 Å². The van der Waals surface area contributed by atoms with Crippen molar-refractivity contribution >= 4 is 23.4 Å². The Kier molecular flexibility index (Phi) is 6.24. The van der Waals surface area contributed by atoms with Gasteiger partial charge in [0.05, 0.1) is 18.9 Å². The van der Waals surface area contributed by atoms with E-state index in [1.54, 1.807) is 0 Å². The maximum atomic E-state index is 12.3. The van der Waals surface area contributed by atoms with Crippen LogP contribution in [0.3, 0.4) is 0 Å². The molecule has 158 valence electrons. The van der Waals surface area contributed by atoms with Crippen LogP contribution in [0, 0.1) is 5.92 Å². The lowest BCUT2D eigenvalue weighted by Gasteiger charge is -2.14. The fourth-order valence-electron chi connectivity index (χ4n) is 3.60. The summed E-state index contributed by atoms with van der Waals surface area (Å²) in [6.07, 6.45) is 5.66. The van der Waals surface area contributed by atoms with Crippen molar-refractivity contribution in [2.75, 3.05) is 16.8 Å². The number of aromatic nitrogens is 2. The predicted octanol–water partition coefficient (Wildman–Crippen LogP) is 3.93. The van der Waals surface area contributed by atoms with E-state index in [0.29, 0.717) is 23.7 Å². The van der Waals surface area contributed by atoms with Crippen LogP contribution in [-0.2, 0) is 22.7 Å². The number of hydrogen-bond acceptors (Lipinski definition) is 6. The summed E-state index contributed by atoms with van der Waals surface area (Å²) in [5.41, 5.74) is 15.9. The van der Waals surface area contributed by atoms with Crippen LogP contribution in [0.4, 0.5) is 17.5 Å².